The molecule has 1 atom stereocenters. The van der Waals surface area contributed by atoms with Crippen molar-refractivity contribution in [2.45, 2.75) is 30.9 Å². The second kappa shape index (κ2) is 10.0. The molecule has 1 aromatic heterocycles. The van der Waals surface area contributed by atoms with Gasteiger partial charge >= 0.3 is 6.61 Å². The molecule has 0 bridgehead atoms. The Hall–Kier alpha value is -3.72. The number of carbonyl (C=O) groups excluding carboxylic acids is 1. The highest BCUT2D eigenvalue weighted by Gasteiger charge is 2.20. The molecule has 0 aliphatic rings. The molecule has 0 radical (unpaired) electrons. The summed E-state index contributed by atoms with van der Waals surface area (Å²) in [7, 11) is 0. The highest BCUT2D eigenvalue weighted by Crippen LogP contribution is 2.26. The van der Waals surface area contributed by atoms with Gasteiger partial charge in [0.25, 0.3) is 5.56 Å². The van der Waals surface area contributed by atoms with E-state index in [1.165, 1.54) is 28.8 Å². The lowest BCUT2D eigenvalue weighted by Crippen LogP contribution is -2.26. The number of alkyl halides is 2. The third kappa shape index (κ3) is 5.26. The predicted molar refractivity (Wildman–Crippen MR) is 129 cm³/mol. The van der Waals surface area contributed by atoms with Crippen LogP contribution in [0.1, 0.15) is 12.5 Å². The van der Waals surface area contributed by atoms with Crippen LogP contribution in [0, 0.1) is 6.92 Å². The van der Waals surface area contributed by atoms with Gasteiger partial charge in [0.2, 0.25) is 5.91 Å². The molecule has 4 rings (SSSR count). The number of benzene rings is 3. The number of nitrogens with zero attached hydrogens (tertiary/aromatic N) is 2. The fraction of sp³-hybridized carbons (Fsp3) is 0.160. The molecule has 0 fully saturated rings. The number of anilines is 1. The van der Waals surface area contributed by atoms with Crippen LogP contribution in [0.25, 0.3) is 16.6 Å². The lowest BCUT2D eigenvalue weighted by molar-refractivity contribution is -0.115. The van der Waals surface area contributed by atoms with E-state index in [1.54, 1.807) is 31.2 Å². The molecular weight excluding hydrogens is 460 g/mol. The summed E-state index contributed by atoms with van der Waals surface area (Å²) < 4.78 is 30.5. The Morgan fingerprint density at radius 1 is 1.03 bits per heavy atom. The zero-order valence-electron chi connectivity index (χ0n) is 18.4. The second-order valence-corrected chi connectivity index (χ2v) is 8.85. The molecule has 0 aliphatic carbocycles. The van der Waals surface area contributed by atoms with Crippen molar-refractivity contribution in [3.63, 3.8) is 0 Å². The van der Waals surface area contributed by atoms with E-state index in [1.807, 2.05) is 31.2 Å². The zero-order chi connectivity index (χ0) is 24.2. The minimum Gasteiger partial charge on any atom is -0.435 e. The van der Waals surface area contributed by atoms with Gasteiger partial charge in [-0.1, -0.05) is 41.6 Å². The molecular formula is C25H21F2N3O3S. The molecule has 3 aromatic carbocycles. The molecule has 1 unspecified atom stereocenters. The van der Waals surface area contributed by atoms with Crippen LogP contribution in [0.4, 0.5) is 14.5 Å². The van der Waals surface area contributed by atoms with Gasteiger partial charge in [0.1, 0.15) is 5.75 Å². The Kier molecular flexibility index (Phi) is 6.93. The number of hydrogen-bond donors (Lipinski definition) is 1. The fourth-order valence-electron chi connectivity index (χ4n) is 3.29. The molecule has 1 heterocycles. The van der Waals surface area contributed by atoms with Crippen molar-refractivity contribution in [1.82, 2.24) is 9.55 Å². The monoisotopic (exact) mass is 481 g/mol. The third-order valence-corrected chi connectivity index (χ3v) is 6.09. The molecule has 0 aliphatic heterocycles. The maximum Gasteiger partial charge on any atom is 0.387 e. The lowest BCUT2D eigenvalue weighted by Gasteiger charge is -2.17. The SMILES string of the molecule is Cc1ccc(-n2c(SC(C)C(=O)Nc3ccc(OC(F)F)cc3)nc3ccccc3c2=O)cc1. The van der Waals surface area contributed by atoms with Crippen molar-refractivity contribution in [2.75, 3.05) is 5.32 Å². The second-order valence-electron chi connectivity index (χ2n) is 7.54. The van der Waals surface area contributed by atoms with Crippen LogP contribution in [0.5, 0.6) is 5.75 Å². The number of amides is 1. The molecule has 4 aromatic rings. The van der Waals surface area contributed by atoms with Crippen LogP contribution < -0.4 is 15.6 Å². The van der Waals surface area contributed by atoms with Crippen molar-refractivity contribution in [3.05, 3.63) is 88.7 Å². The number of carbonyl (C=O) groups is 1. The number of ether oxygens (including phenoxy) is 1. The van der Waals surface area contributed by atoms with E-state index >= 15 is 0 Å². The molecule has 34 heavy (non-hydrogen) atoms. The number of aromatic nitrogens is 2. The van der Waals surface area contributed by atoms with E-state index in [-0.39, 0.29) is 17.2 Å². The zero-order valence-corrected chi connectivity index (χ0v) is 19.2. The van der Waals surface area contributed by atoms with Gasteiger partial charge in [-0.3, -0.25) is 14.2 Å². The Labute approximate surface area is 198 Å². The Balaban J connectivity index is 1.61. The third-order valence-electron chi connectivity index (χ3n) is 5.04. The standard InChI is InChI=1S/C25H21F2N3O3S/c1-15-7-11-18(12-8-15)30-23(32)20-5-3-4-6-21(20)29-25(30)34-16(2)22(31)28-17-9-13-19(14-10-17)33-24(26)27/h3-14,16,24H,1-2H3,(H,28,31). The first kappa shape index (κ1) is 23.4. The summed E-state index contributed by atoms with van der Waals surface area (Å²) in [6, 6.07) is 20.2. The Morgan fingerprint density at radius 3 is 2.38 bits per heavy atom. The summed E-state index contributed by atoms with van der Waals surface area (Å²) >= 11 is 1.15. The highest BCUT2D eigenvalue weighted by molar-refractivity contribution is 8.00. The average molecular weight is 482 g/mol. The van der Waals surface area contributed by atoms with Crippen molar-refractivity contribution in [1.29, 1.82) is 0 Å². The Bertz CT molecular complexity index is 1370. The van der Waals surface area contributed by atoms with Crippen LogP contribution in [-0.4, -0.2) is 27.3 Å². The van der Waals surface area contributed by atoms with E-state index in [9.17, 15) is 18.4 Å². The van der Waals surface area contributed by atoms with E-state index in [2.05, 4.69) is 15.0 Å². The number of halogens is 2. The molecule has 174 valence electrons. The normalized spacial score (nSPS) is 12.0. The quantitative estimate of drug-likeness (QED) is 0.282. The summed E-state index contributed by atoms with van der Waals surface area (Å²) in [4.78, 5) is 30.8. The maximum absolute atomic E-state index is 13.3. The summed E-state index contributed by atoms with van der Waals surface area (Å²) in [6.45, 7) is 0.742. The highest BCUT2D eigenvalue weighted by atomic mass is 32.2. The smallest absolute Gasteiger partial charge is 0.387 e. The van der Waals surface area contributed by atoms with Gasteiger partial charge in [0, 0.05) is 5.69 Å². The minimum absolute atomic E-state index is 0.00194. The lowest BCUT2D eigenvalue weighted by atomic mass is 10.2. The van der Waals surface area contributed by atoms with Crippen molar-refractivity contribution in [3.8, 4) is 11.4 Å². The molecule has 1 amide bonds. The molecule has 1 N–H and O–H groups in total. The van der Waals surface area contributed by atoms with Gasteiger partial charge in [0.05, 0.1) is 21.8 Å². The minimum atomic E-state index is -2.92. The number of thioether (sulfide) groups is 1. The topological polar surface area (TPSA) is 73.2 Å². The summed E-state index contributed by atoms with van der Waals surface area (Å²) in [5.41, 5.74) is 2.46. The molecule has 0 saturated carbocycles. The number of fused-ring (bicyclic) bond motifs is 1. The number of para-hydroxylation sites is 1. The predicted octanol–water partition coefficient (Wildman–Crippen LogP) is 5.41. The van der Waals surface area contributed by atoms with Crippen LogP contribution in [-0.2, 0) is 4.79 Å². The van der Waals surface area contributed by atoms with Crippen molar-refractivity contribution in [2.24, 2.45) is 0 Å². The summed E-state index contributed by atoms with van der Waals surface area (Å²) in [5, 5.41) is 3.00. The van der Waals surface area contributed by atoms with Gasteiger partial charge < -0.3 is 10.1 Å². The number of aryl methyl sites for hydroxylation is 1. The first-order valence-electron chi connectivity index (χ1n) is 10.4. The number of rotatable bonds is 7. The van der Waals surface area contributed by atoms with Gasteiger partial charge in [-0.2, -0.15) is 8.78 Å². The Morgan fingerprint density at radius 2 is 1.71 bits per heavy atom. The first-order valence-corrected chi connectivity index (χ1v) is 11.3. The van der Waals surface area contributed by atoms with Crippen LogP contribution >= 0.6 is 11.8 Å². The summed E-state index contributed by atoms with van der Waals surface area (Å²) in [6.07, 6.45) is 0. The molecule has 9 heteroatoms. The van der Waals surface area contributed by atoms with Crippen molar-refractivity contribution >= 4 is 34.3 Å². The van der Waals surface area contributed by atoms with E-state index in [4.69, 9.17) is 0 Å². The van der Waals surface area contributed by atoms with Gasteiger partial charge in [0.15, 0.2) is 5.16 Å². The molecule has 0 spiro atoms. The number of hydrogen-bond acceptors (Lipinski definition) is 5. The van der Waals surface area contributed by atoms with E-state index < -0.39 is 11.9 Å². The summed E-state index contributed by atoms with van der Waals surface area (Å²) in [5.74, 6) is -0.330. The molecule has 6 nitrogen and oxygen atoms in total. The van der Waals surface area contributed by atoms with Crippen LogP contribution in [0.2, 0.25) is 0 Å². The van der Waals surface area contributed by atoms with Gasteiger partial charge in [-0.05, 0) is 62.4 Å². The largest absolute Gasteiger partial charge is 0.435 e. The maximum atomic E-state index is 13.3. The van der Waals surface area contributed by atoms with Gasteiger partial charge in [-0.25, -0.2) is 4.98 Å². The van der Waals surface area contributed by atoms with Crippen molar-refractivity contribution < 1.29 is 18.3 Å². The fourth-order valence-corrected chi connectivity index (χ4v) is 4.22. The van der Waals surface area contributed by atoms with E-state index in [0.29, 0.717) is 27.4 Å². The van der Waals surface area contributed by atoms with E-state index in [0.717, 1.165) is 17.3 Å². The van der Waals surface area contributed by atoms with Crippen LogP contribution in [0.3, 0.4) is 0 Å². The van der Waals surface area contributed by atoms with Crippen LogP contribution in [0.15, 0.2) is 82.7 Å². The first-order chi connectivity index (χ1) is 16.3. The van der Waals surface area contributed by atoms with Gasteiger partial charge in [-0.15, -0.1) is 0 Å². The average Bonchev–Trinajstić information content (AvgIpc) is 2.81. The number of nitrogens with one attached hydrogen (secondary N) is 1. The molecule has 0 saturated heterocycles.